The molecular weight excluding hydrogens is 344 g/mol. The summed E-state index contributed by atoms with van der Waals surface area (Å²) in [6.45, 7) is 1.85. The predicted octanol–water partition coefficient (Wildman–Crippen LogP) is 4.31. The molecule has 1 aromatic heterocycles. The minimum Gasteiger partial charge on any atom is -0.507 e. The van der Waals surface area contributed by atoms with Crippen molar-refractivity contribution in [1.82, 2.24) is 4.98 Å². The van der Waals surface area contributed by atoms with Gasteiger partial charge in [-0.25, -0.2) is 0 Å². The normalized spacial score (nSPS) is 10.4. The number of phenols is 1. The average Bonchev–Trinajstić information content (AvgIpc) is 2.68. The number of aliphatic carboxylic acids is 1. The predicted molar refractivity (Wildman–Crippen MR) is 103 cm³/mol. The van der Waals surface area contributed by atoms with Gasteiger partial charge in [-0.3, -0.25) is 4.79 Å². The number of aromatic nitrogens is 1. The van der Waals surface area contributed by atoms with E-state index < -0.39 is 5.97 Å². The van der Waals surface area contributed by atoms with Crippen molar-refractivity contribution in [2.75, 3.05) is 11.9 Å². The minimum atomic E-state index is -0.972. The zero-order valence-electron chi connectivity index (χ0n) is 14.8. The van der Waals surface area contributed by atoms with Crippen LogP contribution in [0.4, 0.5) is 5.82 Å². The molecule has 138 valence electrons. The third-order valence-electron chi connectivity index (χ3n) is 3.98. The molecule has 0 saturated heterocycles. The number of carboxylic acids is 1. The summed E-state index contributed by atoms with van der Waals surface area (Å²) in [5.41, 5.74) is 2.75. The van der Waals surface area contributed by atoms with Crippen molar-refractivity contribution in [2.24, 2.45) is 0 Å². The summed E-state index contributed by atoms with van der Waals surface area (Å²) in [4.78, 5) is 14.9. The maximum atomic E-state index is 10.7. The quantitative estimate of drug-likeness (QED) is 0.579. The van der Waals surface area contributed by atoms with Gasteiger partial charge in [-0.2, -0.15) is 4.98 Å². The first-order valence-corrected chi connectivity index (χ1v) is 8.58. The molecule has 0 saturated carbocycles. The Hall–Kier alpha value is -3.54. The van der Waals surface area contributed by atoms with Crippen LogP contribution in [-0.4, -0.2) is 27.7 Å². The first kappa shape index (κ1) is 18.3. The molecule has 0 aliphatic heterocycles. The van der Waals surface area contributed by atoms with Crippen LogP contribution < -0.4 is 10.1 Å². The zero-order valence-corrected chi connectivity index (χ0v) is 14.8. The number of aryl methyl sites for hydroxylation is 1. The highest BCUT2D eigenvalue weighted by atomic mass is 16.5. The number of nitrogens with one attached hydrogen (secondary N) is 1. The molecule has 2 aromatic carbocycles. The number of phenolic OH excluding ortho intramolecular Hbond substituents is 1. The Morgan fingerprint density at radius 3 is 2.70 bits per heavy atom. The number of anilines is 1. The van der Waals surface area contributed by atoms with Crippen LogP contribution in [0.15, 0.2) is 60.7 Å². The van der Waals surface area contributed by atoms with Crippen LogP contribution in [0.25, 0.3) is 11.1 Å². The van der Waals surface area contributed by atoms with Crippen LogP contribution in [0, 0.1) is 0 Å². The Bertz CT molecular complexity index is 956. The lowest BCUT2D eigenvalue weighted by molar-refractivity contribution is -0.134. The molecule has 0 atom stereocenters. The molecule has 0 amide bonds. The lowest BCUT2D eigenvalue weighted by Crippen LogP contribution is -2.13. The number of hydrogen-bond acceptors (Lipinski definition) is 5. The van der Waals surface area contributed by atoms with E-state index in [1.54, 1.807) is 36.4 Å². The van der Waals surface area contributed by atoms with E-state index >= 15 is 0 Å². The average molecular weight is 364 g/mol. The van der Waals surface area contributed by atoms with Crippen molar-refractivity contribution in [1.29, 1.82) is 0 Å². The van der Waals surface area contributed by atoms with Gasteiger partial charge in [0, 0.05) is 11.6 Å². The fourth-order valence-electron chi connectivity index (χ4n) is 2.63. The van der Waals surface area contributed by atoms with Gasteiger partial charge in [-0.05, 0) is 41.8 Å². The summed E-state index contributed by atoms with van der Waals surface area (Å²) in [5, 5.41) is 21.7. The highest BCUT2D eigenvalue weighted by Crippen LogP contribution is 2.34. The van der Waals surface area contributed by atoms with E-state index in [1.165, 1.54) is 5.56 Å². The lowest BCUT2D eigenvalue weighted by Gasteiger charge is -2.11. The van der Waals surface area contributed by atoms with Crippen molar-refractivity contribution < 1.29 is 19.7 Å². The van der Waals surface area contributed by atoms with E-state index in [9.17, 15) is 9.90 Å². The Balaban J connectivity index is 1.84. The summed E-state index contributed by atoms with van der Waals surface area (Å²) in [6.07, 6.45) is 0.908. The third-order valence-corrected chi connectivity index (χ3v) is 3.98. The molecule has 0 fully saturated rings. The topological polar surface area (TPSA) is 91.7 Å². The molecule has 3 N–H and O–H groups in total. The molecule has 0 aliphatic carbocycles. The van der Waals surface area contributed by atoms with Crippen LogP contribution in [0.1, 0.15) is 12.5 Å². The van der Waals surface area contributed by atoms with Gasteiger partial charge in [0.05, 0.1) is 0 Å². The SMILES string of the molecule is CCc1cccc(-c2cc(Oc3cccc(NCC(=O)O)n3)ccc2O)c1. The second-order valence-corrected chi connectivity index (χ2v) is 5.94. The number of carbonyl (C=O) groups is 1. The van der Waals surface area contributed by atoms with Gasteiger partial charge in [0.2, 0.25) is 5.88 Å². The van der Waals surface area contributed by atoms with Crippen molar-refractivity contribution in [3.63, 3.8) is 0 Å². The van der Waals surface area contributed by atoms with Crippen LogP contribution in [0.3, 0.4) is 0 Å². The molecule has 3 rings (SSSR count). The number of rotatable bonds is 7. The lowest BCUT2D eigenvalue weighted by atomic mass is 10.0. The maximum absolute atomic E-state index is 10.7. The van der Waals surface area contributed by atoms with E-state index in [1.807, 2.05) is 24.3 Å². The number of pyridine rings is 1. The van der Waals surface area contributed by atoms with Crippen LogP contribution >= 0.6 is 0 Å². The van der Waals surface area contributed by atoms with Crippen molar-refractivity contribution in [3.8, 4) is 28.5 Å². The molecule has 0 spiro atoms. The van der Waals surface area contributed by atoms with Crippen molar-refractivity contribution >= 4 is 11.8 Å². The van der Waals surface area contributed by atoms with E-state index in [4.69, 9.17) is 9.84 Å². The molecule has 6 heteroatoms. The van der Waals surface area contributed by atoms with Crippen molar-refractivity contribution in [3.05, 3.63) is 66.2 Å². The number of hydrogen-bond donors (Lipinski definition) is 3. The summed E-state index contributed by atoms with van der Waals surface area (Å²) in [6, 6.07) is 18.0. The molecule has 3 aromatic rings. The molecule has 1 heterocycles. The van der Waals surface area contributed by atoms with E-state index in [0.29, 0.717) is 23.0 Å². The number of benzene rings is 2. The highest BCUT2D eigenvalue weighted by molar-refractivity contribution is 5.73. The van der Waals surface area contributed by atoms with Gasteiger partial charge in [-0.1, -0.05) is 37.3 Å². The van der Waals surface area contributed by atoms with E-state index in [0.717, 1.165) is 12.0 Å². The van der Waals surface area contributed by atoms with E-state index in [2.05, 4.69) is 17.2 Å². The standard InChI is InChI=1S/C21H20N2O4/c1-2-14-5-3-6-15(11-14)17-12-16(9-10-18(17)24)27-20-8-4-7-19(23-20)22-13-21(25)26/h3-12,24H,2,13H2,1H3,(H,22,23)(H,25,26). The van der Waals surface area contributed by atoms with Gasteiger partial charge >= 0.3 is 5.97 Å². The Morgan fingerprint density at radius 2 is 1.93 bits per heavy atom. The zero-order chi connectivity index (χ0) is 19.2. The van der Waals surface area contributed by atoms with Crippen LogP contribution in [-0.2, 0) is 11.2 Å². The Labute approximate surface area is 157 Å². The molecule has 6 nitrogen and oxygen atoms in total. The van der Waals surface area contributed by atoms with Crippen molar-refractivity contribution in [2.45, 2.75) is 13.3 Å². The smallest absolute Gasteiger partial charge is 0.322 e. The molecule has 27 heavy (non-hydrogen) atoms. The van der Waals surface area contributed by atoms with Gasteiger partial charge < -0.3 is 20.3 Å². The number of carboxylic acid groups (broad SMARTS) is 1. The Kier molecular flexibility index (Phi) is 5.56. The second kappa shape index (κ2) is 8.23. The molecule has 0 bridgehead atoms. The molecular formula is C21H20N2O4. The monoisotopic (exact) mass is 364 g/mol. The van der Waals surface area contributed by atoms with Gasteiger partial charge in [0.1, 0.15) is 23.9 Å². The molecule has 0 aliphatic rings. The Morgan fingerprint density at radius 1 is 1.11 bits per heavy atom. The minimum absolute atomic E-state index is 0.167. The molecule has 0 unspecified atom stereocenters. The van der Waals surface area contributed by atoms with E-state index in [-0.39, 0.29) is 12.3 Å². The number of nitrogens with zero attached hydrogens (tertiary/aromatic N) is 1. The summed E-state index contributed by atoms with van der Waals surface area (Å²) in [7, 11) is 0. The summed E-state index contributed by atoms with van der Waals surface area (Å²) < 4.78 is 5.79. The van der Waals surface area contributed by atoms with Gasteiger partial charge in [0.25, 0.3) is 0 Å². The van der Waals surface area contributed by atoms with Crippen LogP contribution in [0.2, 0.25) is 0 Å². The summed E-state index contributed by atoms with van der Waals surface area (Å²) in [5.74, 6) is 0.447. The fraction of sp³-hybridized carbons (Fsp3) is 0.143. The first-order chi connectivity index (χ1) is 13.0. The number of ether oxygens (including phenoxy) is 1. The largest absolute Gasteiger partial charge is 0.507 e. The van der Waals surface area contributed by atoms with Gasteiger partial charge in [0.15, 0.2) is 0 Å². The highest BCUT2D eigenvalue weighted by Gasteiger charge is 2.09. The van der Waals surface area contributed by atoms with Gasteiger partial charge in [-0.15, -0.1) is 0 Å². The van der Waals surface area contributed by atoms with Crippen LogP contribution in [0.5, 0.6) is 17.4 Å². The third kappa shape index (κ3) is 4.76. The molecule has 0 radical (unpaired) electrons. The number of aromatic hydroxyl groups is 1. The summed E-state index contributed by atoms with van der Waals surface area (Å²) >= 11 is 0. The second-order valence-electron chi connectivity index (χ2n) is 5.94. The fourth-order valence-corrected chi connectivity index (χ4v) is 2.63. The maximum Gasteiger partial charge on any atom is 0.322 e. The first-order valence-electron chi connectivity index (χ1n) is 8.58.